The number of esters is 4. The van der Waals surface area contributed by atoms with E-state index in [0.29, 0.717) is 0 Å². The molecule has 20 heavy (non-hydrogen) atoms. The maximum Gasteiger partial charge on any atom is 0.488 e. The van der Waals surface area contributed by atoms with Gasteiger partial charge in [0.05, 0.1) is 25.7 Å². The molecule has 0 aliphatic carbocycles. The molecule has 0 radical (unpaired) electrons. The monoisotopic (exact) mass is 290 g/mol. The van der Waals surface area contributed by atoms with Gasteiger partial charge in [-0.3, -0.25) is 19.2 Å². The van der Waals surface area contributed by atoms with Crippen molar-refractivity contribution in [1.29, 1.82) is 0 Å². The van der Waals surface area contributed by atoms with Gasteiger partial charge >= 0.3 is 35.8 Å². The average molecular weight is 290 g/mol. The topological polar surface area (TPSA) is 146 Å². The standard InChI is InChI=1S/C10H10O10/c11-5-1-2-6(12)18-9(15,17-5)10(16)19-7(13)3-4-8(14)20-10/h15-16H,1-4H2. The van der Waals surface area contributed by atoms with Crippen molar-refractivity contribution in [3.05, 3.63) is 0 Å². The second kappa shape index (κ2) is 4.72. The minimum Gasteiger partial charge on any atom is -0.390 e. The zero-order valence-corrected chi connectivity index (χ0v) is 9.99. The summed E-state index contributed by atoms with van der Waals surface area (Å²) in [5, 5.41) is 19.9. The summed E-state index contributed by atoms with van der Waals surface area (Å²) < 4.78 is 17.3. The molecule has 0 atom stereocenters. The molecule has 2 N–H and O–H groups in total. The first kappa shape index (κ1) is 14.2. The van der Waals surface area contributed by atoms with Crippen LogP contribution in [0.2, 0.25) is 0 Å². The molecule has 0 aromatic carbocycles. The van der Waals surface area contributed by atoms with Crippen LogP contribution in [-0.4, -0.2) is 46.0 Å². The Morgan fingerprint density at radius 3 is 1.00 bits per heavy atom. The van der Waals surface area contributed by atoms with E-state index in [-0.39, 0.29) is 0 Å². The molecule has 2 rings (SSSR count). The normalized spacial score (nSPS) is 25.5. The first-order chi connectivity index (χ1) is 9.24. The van der Waals surface area contributed by atoms with Gasteiger partial charge in [0, 0.05) is 0 Å². The summed E-state index contributed by atoms with van der Waals surface area (Å²) in [4.78, 5) is 45.1. The Balaban J connectivity index is 2.37. The molecule has 0 amide bonds. The van der Waals surface area contributed by atoms with Crippen LogP contribution in [0.4, 0.5) is 0 Å². The van der Waals surface area contributed by atoms with Crippen molar-refractivity contribution in [2.75, 3.05) is 0 Å². The van der Waals surface area contributed by atoms with Crippen LogP contribution in [0.5, 0.6) is 0 Å². The van der Waals surface area contributed by atoms with Gasteiger partial charge in [-0.15, -0.1) is 0 Å². The number of carbonyl (C=O) groups excluding carboxylic acids is 4. The van der Waals surface area contributed by atoms with Crippen LogP contribution in [-0.2, 0) is 38.1 Å². The predicted octanol–water partition coefficient (Wildman–Crippen LogP) is -1.96. The van der Waals surface area contributed by atoms with Crippen molar-refractivity contribution in [2.45, 2.75) is 37.6 Å². The molecule has 0 aromatic rings. The van der Waals surface area contributed by atoms with Gasteiger partial charge in [0.15, 0.2) is 0 Å². The lowest BCUT2D eigenvalue weighted by molar-refractivity contribution is -0.501. The van der Waals surface area contributed by atoms with Gasteiger partial charge < -0.3 is 29.2 Å². The number of cyclic esters (lactones) is 4. The van der Waals surface area contributed by atoms with Crippen molar-refractivity contribution in [1.82, 2.24) is 0 Å². The molecule has 2 saturated heterocycles. The summed E-state index contributed by atoms with van der Waals surface area (Å²) in [6.07, 6.45) is -1.73. The summed E-state index contributed by atoms with van der Waals surface area (Å²) >= 11 is 0. The number of rotatable bonds is 1. The zero-order valence-electron chi connectivity index (χ0n) is 9.99. The quantitative estimate of drug-likeness (QED) is 0.522. The smallest absolute Gasteiger partial charge is 0.390 e. The van der Waals surface area contributed by atoms with E-state index in [1.165, 1.54) is 0 Å². The van der Waals surface area contributed by atoms with Crippen LogP contribution in [0, 0.1) is 0 Å². The number of hydrogen-bond acceptors (Lipinski definition) is 10. The molecule has 2 aliphatic heterocycles. The van der Waals surface area contributed by atoms with E-state index in [4.69, 9.17) is 0 Å². The summed E-state index contributed by atoms with van der Waals surface area (Å²) in [5.41, 5.74) is 0. The second-order valence-corrected chi connectivity index (χ2v) is 4.06. The highest BCUT2D eigenvalue weighted by atomic mass is 16.9. The highest BCUT2D eigenvalue weighted by Crippen LogP contribution is 2.33. The van der Waals surface area contributed by atoms with Gasteiger partial charge in [-0.1, -0.05) is 0 Å². The maximum absolute atomic E-state index is 11.3. The first-order valence-electron chi connectivity index (χ1n) is 5.56. The SMILES string of the molecule is O=C1CCC(=O)OC(O)(C2(O)OC(=O)CCC(=O)O2)O1. The number of aliphatic hydroxyl groups is 2. The van der Waals surface area contributed by atoms with E-state index in [1.807, 2.05) is 0 Å². The van der Waals surface area contributed by atoms with Gasteiger partial charge in [0.1, 0.15) is 0 Å². The fourth-order valence-electron chi connectivity index (χ4n) is 1.53. The summed E-state index contributed by atoms with van der Waals surface area (Å²) in [6.45, 7) is 0. The third-order valence-electron chi connectivity index (χ3n) is 2.47. The molecule has 0 bridgehead atoms. The number of carbonyl (C=O) groups is 4. The lowest BCUT2D eigenvalue weighted by Gasteiger charge is -2.35. The molecule has 0 unspecified atom stereocenters. The van der Waals surface area contributed by atoms with Gasteiger partial charge in [-0.2, -0.15) is 0 Å². The largest absolute Gasteiger partial charge is 0.488 e. The lowest BCUT2D eigenvalue weighted by Crippen LogP contribution is -2.62. The third-order valence-corrected chi connectivity index (χ3v) is 2.47. The van der Waals surface area contributed by atoms with Crippen LogP contribution in [0.3, 0.4) is 0 Å². The van der Waals surface area contributed by atoms with Gasteiger partial charge in [-0.25, -0.2) is 0 Å². The van der Waals surface area contributed by atoms with Gasteiger partial charge in [-0.05, 0) is 0 Å². The molecule has 2 fully saturated rings. The molecule has 0 aromatic heterocycles. The first-order valence-corrected chi connectivity index (χ1v) is 5.56. The van der Waals surface area contributed by atoms with Gasteiger partial charge in [0.2, 0.25) is 0 Å². The van der Waals surface area contributed by atoms with E-state index in [1.54, 1.807) is 0 Å². The molecular formula is C10H10O10. The van der Waals surface area contributed by atoms with Crippen molar-refractivity contribution in [2.24, 2.45) is 0 Å². The van der Waals surface area contributed by atoms with E-state index in [2.05, 4.69) is 18.9 Å². The van der Waals surface area contributed by atoms with Crippen molar-refractivity contribution >= 4 is 23.9 Å². The molecular weight excluding hydrogens is 280 g/mol. The summed E-state index contributed by atoms with van der Waals surface area (Å²) in [7, 11) is 0. The second-order valence-electron chi connectivity index (χ2n) is 4.06. The van der Waals surface area contributed by atoms with E-state index in [0.717, 1.165) is 0 Å². The molecule has 10 nitrogen and oxygen atoms in total. The molecule has 2 heterocycles. The minimum absolute atomic E-state index is 0.431. The molecule has 10 heteroatoms. The Hall–Kier alpha value is -2.20. The van der Waals surface area contributed by atoms with Crippen molar-refractivity contribution < 1.29 is 48.3 Å². The molecule has 110 valence electrons. The lowest BCUT2D eigenvalue weighted by atomic mass is 10.3. The zero-order chi connectivity index (χ0) is 15.0. The summed E-state index contributed by atoms with van der Waals surface area (Å²) in [6, 6.07) is 0. The number of hydrogen-bond donors (Lipinski definition) is 2. The Kier molecular flexibility index (Phi) is 3.36. The van der Waals surface area contributed by atoms with Crippen LogP contribution in [0.15, 0.2) is 0 Å². The van der Waals surface area contributed by atoms with Crippen LogP contribution >= 0.6 is 0 Å². The Labute approximate surface area is 111 Å². The third kappa shape index (κ3) is 2.56. The minimum atomic E-state index is -3.46. The van der Waals surface area contributed by atoms with Crippen LogP contribution in [0.25, 0.3) is 0 Å². The van der Waals surface area contributed by atoms with Crippen LogP contribution < -0.4 is 0 Å². The number of ether oxygens (including phenoxy) is 4. The van der Waals surface area contributed by atoms with E-state index < -0.39 is 61.5 Å². The molecule has 0 spiro atoms. The highest BCUT2D eigenvalue weighted by molar-refractivity contribution is 5.81. The Morgan fingerprint density at radius 1 is 0.600 bits per heavy atom. The highest BCUT2D eigenvalue weighted by Gasteiger charge is 2.67. The Bertz CT molecular complexity index is 400. The van der Waals surface area contributed by atoms with E-state index in [9.17, 15) is 29.4 Å². The maximum atomic E-state index is 11.3. The molecule has 2 aliphatic rings. The van der Waals surface area contributed by atoms with Crippen molar-refractivity contribution in [3.63, 3.8) is 0 Å². The fraction of sp³-hybridized carbons (Fsp3) is 0.600. The Morgan fingerprint density at radius 2 is 0.800 bits per heavy atom. The fourth-order valence-corrected chi connectivity index (χ4v) is 1.53. The van der Waals surface area contributed by atoms with Gasteiger partial charge in [0.25, 0.3) is 0 Å². The summed E-state index contributed by atoms with van der Waals surface area (Å²) in [5.74, 6) is -11.4. The average Bonchev–Trinajstić information content (AvgIpc) is 2.54. The van der Waals surface area contributed by atoms with Crippen LogP contribution in [0.1, 0.15) is 25.7 Å². The molecule has 0 saturated carbocycles. The van der Waals surface area contributed by atoms with Crippen molar-refractivity contribution in [3.8, 4) is 0 Å². The predicted molar refractivity (Wildman–Crippen MR) is 52.7 cm³/mol. The van der Waals surface area contributed by atoms with E-state index >= 15 is 0 Å².